The minimum absolute atomic E-state index is 0.0604. The van der Waals surface area contributed by atoms with E-state index in [2.05, 4.69) is 29.8 Å². The number of benzene rings is 2. The van der Waals surface area contributed by atoms with Gasteiger partial charge in [-0.1, -0.05) is 37.6 Å². The summed E-state index contributed by atoms with van der Waals surface area (Å²) in [6.45, 7) is 4.54. The van der Waals surface area contributed by atoms with Crippen LogP contribution >= 0.6 is 0 Å². The van der Waals surface area contributed by atoms with Crippen LogP contribution in [-0.2, 0) is 18.4 Å². The Morgan fingerprint density at radius 2 is 1.77 bits per heavy atom. The van der Waals surface area contributed by atoms with Gasteiger partial charge in [0.15, 0.2) is 0 Å². The monoisotopic (exact) mass is 405 g/mol. The molecule has 1 N–H and O–H groups in total. The van der Waals surface area contributed by atoms with Crippen molar-refractivity contribution < 1.29 is 9.90 Å². The summed E-state index contributed by atoms with van der Waals surface area (Å²) in [6, 6.07) is 13.5. The van der Waals surface area contributed by atoms with Gasteiger partial charge in [0.05, 0.1) is 24.0 Å². The molecule has 4 rings (SSSR count). The molecule has 30 heavy (non-hydrogen) atoms. The molecule has 6 heteroatoms. The van der Waals surface area contributed by atoms with Gasteiger partial charge in [-0.25, -0.2) is 4.79 Å². The zero-order chi connectivity index (χ0) is 21.4. The van der Waals surface area contributed by atoms with Crippen molar-refractivity contribution in [2.75, 3.05) is 0 Å². The van der Waals surface area contributed by atoms with E-state index in [1.807, 2.05) is 44.3 Å². The second-order valence-electron chi connectivity index (χ2n) is 8.00. The summed E-state index contributed by atoms with van der Waals surface area (Å²) < 4.78 is 5.55. The van der Waals surface area contributed by atoms with E-state index in [-0.39, 0.29) is 18.2 Å². The minimum Gasteiger partial charge on any atom is -0.481 e. The summed E-state index contributed by atoms with van der Waals surface area (Å²) in [4.78, 5) is 25.0. The fourth-order valence-corrected chi connectivity index (χ4v) is 4.62. The van der Waals surface area contributed by atoms with E-state index < -0.39 is 5.97 Å². The second kappa shape index (κ2) is 7.86. The SMILES string of the molecule is CCCC(CC(=O)O)n1c(=O)n(Cc2cn(C)c3cccc(C)c23)c2ccccc21. The molecule has 0 amide bonds. The third-order valence-electron chi connectivity index (χ3n) is 5.90. The average molecular weight is 405 g/mol. The quantitative estimate of drug-likeness (QED) is 0.493. The Balaban J connectivity index is 1.90. The number of aromatic nitrogens is 3. The lowest BCUT2D eigenvalue weighted by molar-refractivity contribution is -0.137. The molecule has 2 heterocycles. The number of para-hydroxylation sites is 2. The smallest absolute Gasteiger partial charge is 0.329 e. The lowest BCUT2D eigenvalue weighted by atomic mass is 10.1. The number of aryl methyl sites for hydroxylation is 2. The van der Waals surface area contributed by atoms with E-state index in [0.29, 0.717) is 13.0 Å². The van der Waals surface area contributed by atoms with Crippen LogP contribution in [0.15, 0.2) is 53.5 Å². The first kappa shape index (κ1) is 20.0. The highest BCUT2D eigenvalue weighted by Crippen LogP contribution is 2.27. The number of nitrogens with zero attached hydrogens (tertiary/aromatic N) is 3. The number of carboxylic acid groups (broad SMARTS) is 1. The molecule has 0 aliphatic heterocycles. The predicted octanol–water partition coefficient (Wildman–Crippen LogP) is 4.47. The molecule has 0 radical (unpaired) electrons. The van der Waals surface area contributed by atoms with Gasteiger partial charge in [-0.05, 0) is 42.7 Å². The van der Waals surface area contributed by atoms with Gasteiger partial charge in [0.2, 0.25) is 0 Å². The molecular formula is C24H27N3O3. The number of carbonyl (C=O) groups is 1. The normalized spacial score (nSPS) is 12.6. The first-order chi connectivity index (χ1) is 14.4. The summed E-state index contributed by atoms with van der Waals surface area (Å²) in [5.41, 5.74) is 4.87. The molecule has 2 aromatic heterocycles. The maximum absolute atomic E-state index is 13.5. The molecule has 0 fully saturated rings. The number of rotatable bonds is 7. The third-order valence-corrected chi connectivity index (χ3v) is 5.90. The Morgan fingerprint density at radius 3 is 2.47 bits per heavy atom. The molecule has 156 valence electrons. The first-order valence-electron chi connectivity index (χ1n) is 10.4. The van der Waals surface area contributed by atoms with Crippen LogP contribution in [0.4, 0.5) is 0 Å². The Hall–Kier alpha value is -3.28. The van der Waals surface area contributed by atoms with Gasteiger partial charge >= 0.3 is 11.7 Å². The molecule has 0 saturated heterocycles. The Morgan fingerprint density at radius 1 is 1.07 bits per heavy atom. The largest absolute Gasteiger partial charge is 0.481 e. The van der Waals surface area contributed by atoms with E-state index in [1.54, 1.807) is 9.13 Å². The number of fused-ring (bicyclic) bond motifs is 2. The van der Waals surface area contributed by atoms with Gasteiger partial charge in [-0.3, -0.25) is 13.9 Å². The molecule has 0 saturated carbocycles. The van der Waals surface area contributed by atoms with Crippen LogP contribution in [0.1, 0.15) is 43.4 Å². The molecular weight excluding hydrogens is 378 g/mol. The van der Waals surface area contributed by atoms with Crippen LogP contribution in [-0.4, -0.2) is 24.8 Å². The van der Waals surface area contributed by atoms with Crippen molar-refractivity contribution in [1.82, 2.24) is 13.7 Å². The highest BCUT2D eigenvalue weighted by Gasteiger charge is 2.23. The van der Waals surface area contributed by atoms with Crippen molar-refractivity contribution in [3.05, 3.63) is 70.3 Å². The van der Waals surface area contributed by atoms with E-state index in [4.69, 9.17) is 0 Å². The van der Waals surface area contributed by atoms with Gasteiger partial charge in [0, 0.05) is 30.2 Å². The molecule has 0 aliphatic carbocycles. The van der Waals surface area contributed by atoms with E-state index >= 15 is 0 Å². The van der Waals surface area contributed by atoms with Crippen LogP contribution in [0.3, 0.4) is 0 Å². The maximum Gasteiger partial charge on any atom is 0.329 e. The van der Waals surface area contributed by atoms with Gasteiger partial charge in [-0.15, -0.1) is 0 Å². The summed E-state index contributed by atoms with van der Waals surface area (Å²) in [5.74, 6) is -0.887. The Bertz CT molecular complexity index is 1290. The predicted molar refractivity (Wildman–Crippen MR) is 119 cm³/mol. The van der Waals surface area contributed by atoms with Crippen molar-refractivity contribution in [3.63, 3.8) is 0 Å². The van der Waals surface area contributed by atoms with Gasteiger partial charge < -0.3 is 9.67 Å². The molecule has 0 spiro atoms. The van der Waals surface area contributed by atoms with E-state index in [1.165, 1.54) is 10.9 Å². The topological polar surface area (TPSA) is 69.2 Å². The summed E-state index contributed by atoms with van der Waals surface area (Å²) in [5, 5.41) is 10.6. The molecule has 2 aromatic carbocycles. The summed E-state index contributed by atoms with van der Waals surface area (Å²) in [7, 11) is 2.02. The summed E-state index contributed by atoms with van der Waals surface area (Å²) >= 11 is 0. The molecule has 6 nitrogen and oxygen atoms in total. The first-order valence-corrected chi connectivity index (χ1v) is 10.4. The Labute approximate surface area is 175 Å². The zero-order valence-electron chi connectivity index (χ0n) is 17.6. The van der Waals surface area contributed by atoms with Crippen molar-refractivity contribution in [2.45, 2.75) is 45.7 Å². The number of imidazole rings is 1. The van der Waals surface area contributed by atoms with Crippen LogP contribution in [0, 0.1) is 6.92 Å². The van der Waals surface area contributed by atoms with Gasteiger partial charge in [0.1, 0.15) is 0 Å². The van der Waals surface area contributed by atoms with Crippen LogP contribution in [0.2, 0.25) is 0 Å². The fraction of sp³-hybridized carbons (Fsp3) is 0.333. The minimum atomic E-state index is -0.887. The highest BCUT2D eigenvalue weighted by atomic mass is 16.4. The van der Waals surface area contributed by atoms with Crippen molar-refractivity contribution >= 4 is 27.9 Å². The highest BCUT2D eigenvalue weighted by molar-refractivity contribution is 5.87. The lowest BCUT2D eigenvalue weighted by Crippen LogP contribution is -2.29. The average Bonchev–Trinajstić information content (AvgIpc) is 3.17. The van der Waals surface area contributed by atoms with Gasteiger partial charge in [0.25, 0.3) is 0 Å². The molecule has 1 atom stereocenters. The van der Waals surface area contributed by atoms with Gasteiger partial charge in [-0.2, -0.15) is 0 Å². The van der Waals surface area contributed by atoms with Crippen LogP contribution in [0.25, 0.3) is 21.9 Å². The molecule has 0 aliphatic rings. The van der Waals surface area contributed by atoms with Crippen LogP contribution in [0.5, 0.6) is 0 Å². The van der Waals surface area contributed by atoms with Crippen molar-refractivity contribution in [3.8, 4) is 0 Å². The number of aliphatic carboxylic acids is 1. The zero-order valence-corrected chi connectivity index (χ0v) is 17.6. The van der Waals surface area contributed by atoms with Crippen molar-refractivity contribution in [1.29, 1.82) is 0 Å². The number of carboxylic acids is 1. The van der Waals surface area contributed by atoms with E-state index in [0.717, 1.165) is 28.5 Å². The molecule has 4 aromatic rings. The lowest BCUT2D eigenvalue weighted by Gasteiger charge is -2.16. The summed E-state index contributed by atoms with van der Waals surface area (Å²) in [6.07, 6.45) is 3.48. The molecule has 1 unspecified atom stereocenters. The standard InChI is InChI=1S/C24H27N3O3/c1-4-8-18(13-22(28)29)27-20-11-6-5-10-19(20)26(24(27)30)15-17-14-25(3)21-12-7-9-16(2)23(17)21/h5-7,9-12,14,18H,4,8,13,15H2,1-3H3,(H,28,29). The Kier molecular flexibility index (Phi) is 5.24. The third kappa shape index (κ3) is 3.32. The fourth-order valence-electron chi connectivity index (χ4n) is 4.62. The maximum atomic E-state index is 13.5. The number of hydrogen-bond donors (Lipinski definition) is 1. The van der Waals surface area contributed by atoms with Crippen LogP contribution < -0.4 is 5.69 Å². The van der Waals surface area contributed by atoms with E-state index in [9.17, 15) is 14.7 Å². The number of hydrogen-bond acceptors (Lipinski definition) is 2. The van der Waals surface area contributed by atoms with Crippen molar-refractivity contribution in [2.24, 2.45) is 7.05 Å². The molecule has 0 bridgehead atoms. The second-order valence-corrected chi connectivity index (χ2v) is 8.00.